The number of hydrogen-bond donors (Lipinski definition) is 0. The number of halogens is 3. The largest absolute Gasteiger partial charge is 0.465 e. The third-order valence-electron chi connectivity index (χ3n) is 4.08. The van der Waals surface area contributed by atoms with Gasteiger partial charge in [-0.3, -0.25) is 0 Å². The number of benzene rings is 1. The monoisotopic (exact) mass is 352 g/mol. The van der Waals surface area contributed by atoms with Crippen molar-refractivity contribution in [1.29, 1.82) is 0 Å². The van der Waals surface area contributed by atoms with Crippen LogP contribution in [0.2, 0.25) is 5.02 Å². The van der Waals surface area contributed by atoms with E-state index in [2.05, 4.69) is 9.72 Å². The number of carbonyl (C=O) groups excluding carboxylic acids is 1. The van der Waals surface area contributed by atoms with E-state index < -0.39 is 17.6 Å². The molecule has 1 aromatic carbocycles. The number of rotatable bonds is 3. The van der Waals surface area contributed by atoms with Gasteiger partial charge in [-0.05, 0) is 37.1 Å². The van der Waals surface area contributed by atoms with Gasteiger partial charge in [-0.25, -0.2) is 18.6 Å². The van der Waals surface area contributed by atoms with Crippen molar-refractivity contribution < 1.29 is 18.3 Å². The first-order valence-electron chi connectivity index (χ1n) is 7.46. The summed E-state index contributed by atoms with van der Waals surface area (Å²) in [7, 11) is 1.27. The van der Waals surface area contributed by atoms with Crippen molar-refractivity contribution in [1.82, 2.24) is 4.98 Å². The van der Waals surface area contributed by atoms with Gasteiger partial charge in [0.05, 0.1) is 23.7 Å². The molecule has 0 N–H and O–H groups in total. The molecule has 1 aromatic heterocycles. The molecular formula is C17H15ClF2N2O2. The zero-order valence-electron chi connectivity index (χ0n) is 12.9. The summed E-state index contributed by atoms with van der Waals surface area (Å²) in [5.41, 5.74) is 0.515. The van der Waals surface area contributed by atoms with Crippen LogP contribution in [0, 0.1) is 11.6 Å². The van der Waals surface area contributed by atoms with Crippen LogP contribution in [0.5, 0.6) is 0 Å². The van der Waals surface area contributed by atoms with E-state index >= 15 is 0 Å². The van der Waals surface area contributed by atoms with Crippen molar-refractivity contribution >= 4 is 23.4 Å². The van der Waals surface area contributed by atoms with E-state index in [0.29, 0.717) is 18.8 Å². The Morgan fingerprint density at radius 3 is 2.88 bits per heavy atom. The highest BCUT2D eigenvalue weighted by molar-refractivity contribution is 6.33. The smallest absolute Gasteiger partial charge is 0.339 e. The van der Waals surface area contributed by atoms with Crippen LogP contribution in [0.3, 0.4) is 0 Å². The zero-order valence-corrected chi connectivity index (χ0v) is 13.7. The van der Waals surface area contributed by atoms with Gasteiger partial charge in [0, 0.05) is 18.3 Å². The molecule has 7 heteroatoms. The number of carbonyl (C=O) groups is 1. The molecule has 1 atom stereocenters. The van der Waals surface area contributed by atoms with E-state index in [0.717, 1.165) is 18.6 Å². The predicted molar refractivity (Wildman–Crippen MR) is 86.3 cm³/mol. The van der Waals surface area contributed by atoms with Crippen LogP contribution in [-0.4, -0.2) is 24.6 Å². The SMILES string of the molecule is COC(=O)c1cnc(N2CCCC2c2cc(F)ccc2F)c(Cl)c1. The summed E-state index contributed by atoms with van der Waals surface area (Å²) in [6, 6.07) is 4.53. The lowest BCUT2D eigenvalue weighted by molar-refractivity contribution is 0.0600. The molecule has 0 radical (unpaired) electrons. The molecule has 1 aliphatic heterocycles. The van der Waals surface area contributed by atoms with Gasteiger partial charge in [-0.2, -0.15) is 0 Å². The van der Waals surface area contributed by atoms with Crippen molar-refractivity contribution in [3.63, 3.8) is 0 Å². The van der Waals surface area contributed by atoms with Crippen molar-refractivity contribution in [2.75, 3.05) is 18.6 Å². The highest BCUT2D eigenvalue weighted by Gasteiger charge is 2.31. The maximum atomic E-state index is 14.1. The fraction of sp³-hybridized carbons (Fsp3) is 0.294. The molecule has 1 unspecified atom stereocenters. The Labute approximate surface area is 143 Å². The fourth-order valence-corrected chi connectivity index (χ4v) is 3.26. The van der Waals surface area contributed by atoms with Gasteiger partial charge in [-0.15, -0.1) is 0 Å². The number of nitrogens with zero attached hydrogens (tertiary/aromatic N) is 2. The fourth-order valence-electron chi connectivity index (χ4n) is 2.99. The quantitative estimate of drug-likeness (QED) is 0.778. The Morgan fingerprint density at radius 2 is 2.17 bits per heavy atom. The second-order valence-corrected chi connectivity index (χ2v) is 5.95. The maximum absolute atomic E-state index is 14.1. The summed E-state index contributed by atoms with van der Waals surface area (Å²) in [5.74, 6) is -1.05. The van der Waals surface area contributed by atoms with Crippen molar-refractivity contribution in [3.8, 4) is 0 Å². The van der Waals surface area contributed by atoms with Gasteiger partial charge >= 0.3 is 5.97 Å². The Balaban J connectivity index is 1.96. The van der Waals surface area contributed by atoms with Gasteiger partial charge in [0.25, 0.3) is 0 Å². The first kappa shape index (κ1) is 16.6. The Morgan fingerprint density at radius 1 is 1.38 bits per heavy atom. The Kier molecular flexibility index (Phi) is 4.66. The average molecular weight is 353 g/mol. The van der Waals surface area contributed by atoms with Crippen LogP contribution >= 0.6 is 11.6 Å². The summed E-state index contributed by atoms with van der Waals surface area (Å²) in [6.45, 7) is 0.616. The second kappa shape index (κ2) is 6.73. The lowest BCUT2D eigenvalue weighted by Crippen LogP contribution is -2.25. The molecule has 4 nitrogen and oxygen atoms in total. The molecule has 2 heterocycles. The zero-order chi connectivity index (χ0) is 17.3. The molecule has 0 spiro atoms. The Hall–Kier alpha value is -2.21. The van der Waals surface area contributed by atoms with Gasteiger partial charge in [0.1, 0.15) is 17.5 Å². The number of ether oxygens (including phenoxy) is 1. The van der Waals surface area contributed by atoms with Crippen LogP contribution in [0.1, 0.15) is 34.8 Å². The van der Waals surface area contributed by atoms with E-state index in [1.165, 1.54) is 25.4 Å². The average Bonchev–Trinajstić information content (AvgIpc) is 3.05. The van der Waals surface area contributed by atoms with E-state index in [1.54, 1.807) is 0 Å². The first-order valence-corrected chi connectivity index (χ1v) is 7.84. The van der Waals surface area contributed by atoms with Gasteiger partial charge in [-0.1, -0.05) is 11.6 Å². The van der Waals surface area contributed by atoms with Crippen LogP contribution in [-0.2, 0) is 4.74 Å². The summed E-state index contributed by atoms with van der Waals surface area (Å²) >= 11 is 6.25. The number of aromatic nitrogens is 1. The molecule has 0 bridgehead atoms. The van der Waals surface area contributed by atoms with Crippen molar-refractivity contribution in [2.45, 2.75) is 18.9 Å². The molecule has 126 valence electrons. The van der Waals surface area contributed by atoms with E-state index in [-0.39, 0.29) is 22.2 Å². The van der Waals surface area contributed by atoms with Crippen LogP contribution in [0.15, 0.2) is 30.5 Å². The molecule has 24 heavy (non-hydrogen) atoms. The number of hydrogen-bond acceptors (Lipinski definition) is 4. The minimum absolute atomic E-state index is 0.235. The van der Waals surface area contributed by atoms with E-state index in [9.17, 15) is 13.6 Å². The highest BCUT2D eigenvalue weighted by atomic mass is 35.5. The number of pyridine rings is 1. The molecular weight excluding hydrogens is 338 g/mol. The lowest BCUT2D eigenvalue weighted by atomic mass is 10.0. The summed E-state index contributed by atoms with van der Waals surface area (Å²) < 4.78 is 32.3. The Bertz CT molecular complexity index is 785. The molecule has 1 fully saturated rings. The number of methoxy groups -OCH3 is 1. The van der Waals surface area contributed by atoms with Crippen LogP contribution in [0.25, 0.3) is 0 Å². The van der Waals surface area contributed by atoms with Gasteiger partial charge < -0.3 is 9.64 Å². The van der Waals surface area contributed by atoms with Crippen molar-refractivity contribution in [2.24, 2.45) is 0 Å². The topological polar surface area (TPSA) is 42.4 Å². The number of esters is 1. The first-order chi connectivity index (χ1) is 11.5. The second-order valence-electron chi connectivity index (χ2n) is 5.54. The molecule has 0 aliphatic carbocycles. The highest BCUT2D eigenvalue weighted by Crippen LogP contribution is 2.39. The molecule has 3 rings (SSSR count). The third-order valence-corrected chi connectivity index (χ3v) is 4.36. The van der Waals surface area contributed by atoms with Crippen LogP contribution < -0.4 is 4.90 Å². The number of anilines is 1. The van der Waals surface area contributed by atoms with E-state index in [4.69, 9.17) is 11.6 Å². The van der Waals surface area contributed by atoms with Crippen molar-refractivity contribution in [3.05, 3.63) is 58.2 Å². The molecule has 1 saturated heterocycles. The third kappa shape index (κ3) is 3.06. The molecule has 0 saturated carbocycles. The normalized spacial score (nSPS) is 17.2. The van der Waals surface area contributed by atoms with Gasteiger partial charge in [0.15, 0.2) is 0 Å². The standard InChI is InChI=1S/C17H15ClF2N2O2/c1-24-17(23)10-7-13(18)16(21-9-10)22-6-2-3-15(22)12-8-11(19)4-5-14(12)20/h4-5,7-9,15H,2-3,6H2,1H3. The minimum Gasteiger partial charge on any atom is -0.465 e. The maximum Gasteiger partial charge on any atom is 0.339 e. The summed E-state index contributed by atoms with van der Waals surface area (Å²) in [5, 5.41) is 0.265. The molecule has 0 amide bonds. The van der Waals surface area contributed by atoms with E-state index in [1.807, 2.05) is 4.90 Å². The molecule has 2 aromatic rings. The predicted octanol–water partition coefficient (Wildman–Crippen LogP) is 4.14. The minimum atomic E-state index is -0.537. The summed E-state index contributed by atoms with van der Waals surface area (Å²) in [6.07, 6.45) is 2.83. The lowest BCUT2D eigenvalue weighted by Gasteiger charge is -2.27. The molecule has 1 aliphatic rings. The van der Waals surface area contributed by atoms with Crippen LogP contribution in [0.4, 0.5) is 14.6 Å². The summed E-state index contributed by atoms with van der Waals surface area (Å²) in [4.78, 5) is 17.6. The van der Waals surface area contributed by atoms with Gasteiger partial charge in [0.2, 0.25) is 0 Å².